The predicted octanol–water partition coefficient (Wildman–Crippen LogP) is 5.91. The van der Waals surface area contributed by atoms with E-state index < -0.39 is 5.97 Å². The van der Waals surface area contributed by atoms with Gasteiger partial charge in [0, 0.05) is 23.2 Å². The molecule has 5 nitrogen and oxygen atoms in total. The third-order valence-corrected chi connectivity index (χ3v) is 6.28. The highest BCUT2D eigenvalue weighted by Crippen LogP contribution is 2.27. The monoisotopic (exact) mass is 443 g/mol. The lowest BCUT2D eigenvalue weighted by molar-refractivity contribution is 0.0697. The number of carbonyl (C=O) groups is 1. The van der Waals surface area contributed by atoms with Crippen LogP contribution in [0.2, 0.25) is 0 Å². The summed E-state index contributed by atoms with van der Waals surface area (Å²) in [5.74, 6) is 0.260. The van der Waals surface area contributed by atoms with Gasteiger partial charge in [-0.25, -0.2) is 14.8 Å². The van der Waals surface area contributed by atoms with Crippen LogP contribution in [0.1, 0.15) is 57.9 Å². The van der Waals surface area contributed by atoms with E-state index in [2.05, 4.69) is 59.9 Å². The van der Waals surface area contributed by atoms with Crippen molar-refractivity contribution in [3.05, 3.63) is 106 Å². The van der Waals surface area contributed by atoms with Crippen molar-refractivity contribution in [2.75, 3.05) is 0 Å². The molecule has 32 heavy (non-hydrogen) atoms. The van der Waals surface area contributed by atoms with Crippen LogP contribution in [-0.2, 0) is 6.54 Å². The van der Waals surface area contributed by atoms with Gasteiger partial charge in [0.2, 0.25) is 0 Å². The summed E-state index contributed by atoms with van der Waals surface area (Å²) < 4.78 is 0. The number of hydrogen-bond acceptors (Lipinski definition) is 5. The van der Waals surface area contributed by atoms with E-state index in [1.165, 1.54) is 5.56 Å². The third-order valence-electron chi connectivity index (χ3n) is 5.35. The molecule has 4 aromatic rings. The topological polar surface area (TPSA) is 75.1 Å². The standard InChI is InChI=1S/C26H25N3O2S/c1-17(2)19-9-11-20(12-10-19)25-27-14-13-22(29-25)24(23-4-3-15-32-23)28-16-18-5-7-21(8-6-18)26(30)31/h3-15,17,24,28H,16H2,1-2H3,(H,30,31). The second kappa shape index (κ2) is 9.85. The van der Waals surface area contributed by atoms with E-state index in [0.717, 1.165) is 21.7 Å². The van der Waals surface area contributed by atoms with Crippen LogP contribution in [0.15, 0.2) is 78.3 Å². The average Bonchev–Trinajstić information content (AvgIpc) is 3.34. The summed E-state index contributed by atoms with van der Waals surface area (Å²) in [7, 11) is 0. The lowest BCUT2D eigenvalue weighted by atomic mass is 10.0. The molecule has 2 heterocycles. The van der Waals surface area contributed by atoms with E-state index in [1.54, 1.807) is 29.7 Å². The molecule has 0 aliphatic carbocycles. The minimum Gasteiger partial charge on any atom is -0.478 e. The van der Waals surface area contributed by atoms with Gasteiger partial charge in [-0.05, 0) is 46.7 Å². The molecular formula is C26H25N3O2S. The third kappa shape index (κ3) is 5.10. The van der Waals surface area contributed by atoms with Crippen molar-refractivity contribution in [1.29, 1.82) is 0 Å². The zero-order valence-electron chi connectivity index (χ0n) is 18.0. The van der Waals surface area contributed by atoms with Gasteiger partial charge in [0.25, 0.3) is 0 Å². The Balaban J connectivity index is 1.58. The smallest absolute Gasteiger partial charge is 0.335 e. The summed E-state index contributed by atoms with van der Waals surface area (Å²) >= 11 is 1.67. The van der Waals surface area contributed by atoms with Gasteiger partial charge in [0.1, 0.15) is 0 Å². The number of carboxylic acids is 1. The van der Waals surface area contributed by atoms with Crippen molar-refractivity contribution in [1.82, 2.24) is 15.3 Å². The van der Waals surface area contributed by atoms with Crippen molar-refractivity contribution in [2.24, 2.45) is 0 Å². The van der Waals surface area contributed by atoms with Crippen LogP contribution in [0.4, 0.5) is 0 Å². The van der Waals surface area contributed by atoms with E-state index in [4.69, 9.17) is 10.1 Å². The van der Waals surface area contributed by atoms with Gasteiger partial charge in [-0.1, -0.05) is 56.3 Å². The summed E-state index contributed by atoms with van der Waals surface area (Å²) in [6.45, 7) is 4.95. The number of thiophene rings is 1. The lowest BCUT2D eigenvalue weighted by Crippen LogP contribution is -2.22. The molecule has 0 bridgehead atoms. The lowest BCUT2D eigenvalue weighted by Gasteiger charge is -2.18. The molecule has 6 heteroatoms. The zero-order chi connectivity index (χ0) is 22.5. The van der Waals surface area contributed by atoms with E-state index in [0.29, 0.717) is 18.3 Å². The molecule has 0 aliphatic rings. The predicted molar refractivity (Wildman–Crippen MR) is 128 cm³/mol. The molecular weight excluding hydrogens is 418 g/mol. The minimum absolute atomic E-state index is 0.0918. The second-order valence-electron chi connectivity index (χ2n) is 7.91. The molecule has 2 aromatic carbocycles. The van der Waals surface area contributed by atoms with Crippen LogP contribution in [0, 0.1) is 0 Å². The number of benzene rings is 2. The number of carboxylic acid groups (broad SMARTS) is 1. The molecule has 0 fully saturated rings. The first-order valence-corrected chi connectivity index (χ1v) is 11.4. The van der Waals surface area contributed by atoms with Crippen molar-refractivity contribution < 1.29 is 9.90 Å². The molecule has 0 amide bonds. The number of aromatic carboxylic acids is 1. The maximum atomic E-state index is 11.1. The molecule has 0 saturated carbocycles. The van der Waals surface area contributed by atoms with E-state index in [-0.39, 0.29) is 11.6 Å². The van der Waals surface area contributed by atoms with Gasteiger partial charge in [-0.3, -0.25) is 0 Å². The zero-order valence-corrected chi connectivity index (χ0v) is 18.8. The Bertz CT molecular complexity index is 1170. The first-order valence-electron chi connectivity index (χ1n) is 10.5. The molecule has 4 rings (SSSR count). The van der Waals surface area contributed by atoms with E-state index in [1.807, 2.05) is 24.3 Å². The fraction of sp³-hybridized carbons (Fsp3) is 0.192. The molecule has 0 aliphatic heterocycles. The first-order chi connectivity index (χ1) is 15.5. The van der Waals surface area contributed by atoms with Crippen molar-refractivity contribution in [3.8, 4) is 11.4 Å². The van der Waals surface area contributed by atoms with E-state index in [9.17, 15) is 4.79 Å². The van der Waals surface area contributed by atoms with Gasteiger partial charge < -0.3 is 10.4 Å². The Hall–Kier alpha value is -3.35. The fourth-order valence-corrected chi connectivity index (χ4v) is 4.29. The molecule has 0 spiro atoms. The van der Waals surface area contributed by atoms with Crippen LogP contribution < -0.4 is 5.32 Å². The highest BCUT2D eigenvalue weighted by atomic mass is 32.1. The molecule has 2 aromatic heterocycles. The van der Waals surface area contributed by atoms with Gasteiger partial charge >= 0.3 is 5.97 Å². The Morgan fingerprint density at radius 1 is 1.03 bits per heavy atom. The maximum absolute atomic E-state index is 11.1. The normalized spacial score (nSPS) is 12.1. The van der Waals surface area contributed by atoms with Gasteiger partial charge in [-0.15, -0.1) is 11.3 Å². The highest BCUT2D eigenvalue weighted by molar-refractivity contribution is 7.10. The Labute approximate surface area is 191 Å². The second-order valence-corrected chi connectivity index (χ2v) is 8.89. The van der Waals surface area contributed by atoms with Crippen LogP contribution >= 0.6 is 11.3 Å². The van der Waals surface area contributed by atoms with Crippen molar-refractivity contribution in [3.63, 3.8) is 0 Å². The summed E-state index contributed by atoms with van der Waals surface area (Å²) in [6.07, 6.45) is 1.80. The maximum Gasteiger partial charge on any atom is 0.335 e. The number of aromatic nitrogens is 2. The molecule has 162 valence electrons. The summed E-state index contributed by atoms with van der Waals surface area (Å²) in [5.41, 5.74) is 4.47. The number of nitrogens with one attached hydrogen (secondary N) is 1. The average molecular weight is 444 g/mol. The number of rotatable bonds is 8. The quantitative estimate of drug-likeness (QED) is 0.354. The van der Waals surface area contributed by atoms with E-state index >= 15 is 0 Å². The van der Waals surface area contributed by atoms with Gasteiger partial charge in [-0.2, -0.15) is 0 Å². The Kier molecular flexibility index (Phi) is 6.73. The Morgan fingerprint density at radius 2 is 1.78 bits per heavy atom. The van der Waals surface area contributed by atoms with Crippen LogP contribution in [-0.4, -0.2) is 21.0 Å². The van der Waals surface area contributed by atoms with Gasteiger partial charge in [0.15, 0.2) is 5.82 Å². The molecule has 0 saturated heterocycles. The number of nitrogens with zero attached hydrogens (tertiary/aromatic N) is 2. The Morgan fingerprint density at radius 3 is 2.41 bits per heavy atom. The van der Waals surface area contributed by atoms with Crippen LogP contribution in [0.5, 0.6) is 0 Å². The minimum atomic E-state index is -0.920. The van der Waals surface area contributed by atoms with Gasteiger partial charge in [0.05, 0.1) is 17.3 Å². The fourth-order valence-electron chi connectivity index (χ4n) is 3.48. The van der Waals surface area contributed by atoms with Crippen molar-refractivity contribution in [2.45, 2.75) is 32.4 Å². The summed E-state index contributed by atoms with van der Waals surface area (Å²) in [4.78, 5) is 21.6. The molecule has 1 unspecified atom stereocenters. The number of hydrogen-bond donors (Lipinski definition) is 2. The largest absolute Gasteiger partial charge is 0.478 e. The summed E-state index contributed by atoms with van der Waals surface area (Å²) in [6, 6.07) is 21.3. The summed E-state index contributed by atoms with van der Waals surface area (Å²) in [5, 5.41) is 14.7. The SMILES string of the molecule is CC(C)c1ccc(-c2nccc(C(NCc3ccc(C(=O)O)cc3)c3cccs3)n2)cc1. The molecule has 2 N–H and O–H groups in total. The van der Waals surface area contributed by atoms with Crippen LogP contribution in [0.3, 0.4) is 0 Å². The highest BCUT2D eigenvalue weighted by Gasteiger charge is 2.18. The molecule has 1 atom stereocenters. The first kappa shape index (κ1) is 21.9. The molecule has 0 radical (unpaired) electrons. The van der Waals surface area contributed by atoms with Crippen LogP contribution in [0.25, 0.3) is 11.4 Å². The van der Waals surface area contributed by atoms with Crippen molar-refractivity contribution >= 4 is 17.3 Å².